The van der Waals surface area contributed by atoms with Crippen molar-refractivity contribution < 1.29 is 14.3 Å². The van der Waals surface area contributed by atoms with Crippen molar-refractivity contribution in [3.8, 4) is 0 Å². The Morgan fingerprint density at radius 1 is 1.00 bits per heavy atom. The predicted octanol–water partition coefficient (Wildman–Crippen LogP) is 4.07. The summed E-state index contributed by atoms with van der Waals surface area (Å²) in [6.07, 6.45) is 1.78. The molecule has 4 aromatic rings. The number of halogens is 1. The van der Waals surface area contributed by atoms with E-state index < -0.39 is 11.8 Å². The molecule has 2 aromatic carbocycles. The fraction of sp³-hybridized carbons (Fsp3) is 0. The molecule has 0 amide bonds. The number of carboxylic acid groups (broad SMARTS) is 1. The SMILES string of the molecule is O=C(O)c1nc2c(Nc3ccccc3F)cccc2n2cccc12. The molecule has 6 heteroatoms. The van der Waals surface area contributed by atoms with Crippen LogP contribution in [0.5, 0.6) is 0 Å². The van der Waals surface area contributed by atoms with Gasteiger partial charge >= 0.3 is 5.97 Å². The Bertz CT molecular complexity index is 1090. The maximum absolute atomic E-state index is 13.9. The van der Waals surface area contributed by atoms with Crippen molar-refractivity contribution in [1.29, 1.82) is 0 Å². The second-order valence-corrected chi connectivity index (χ2v) is 5.31. The van der Waals surface area contributed by atoms with Gasteiger partial charge in [-0.1, -0.05) is 18.2 Å². The first-order chi connectivity index (χ1) is 11.6. The van der Waals surface area contributed by atoms with E-state index >= 15 is 0 Å². The fourth-order valence-corrected chi connectivity index (χ4v) is 2.76. The Hall–Kier alpha value is -3.41. The number of hydrogen-bond donors (Lipinski definition) is 2. The van der Waals surface area contributed by atoms with Crippen molar-refractivity contribution in [2.75, 3.05) is 5.32 Å². The summed E-state index contributed by atoms with van der Waals surface area (Å²) in [5.41, 5.74) is 2.50. The van der Waals surface area contributed by atoms with Crippen LogP contribution in [0.1, 0.15) is 10.5 Å². The molecular formula is C18H12FN3O2. The summed E-state index contributed by atoms with van der Waals surface area (Å²) in [6, 6.07) is 15.1. The van der Waals surface area contributed by atoms with Crippen molar-refractivity contribution in [3.63, 3.8) is 0 Å². The van der Waals surface area contributed by atoms with Crippen molar-refractivity contribution in [3.05, 3.63) is 72.3 Å². The zero-order valence-corrected chi connectivity index (χ0v) is 12.4. The lowest BCUT2D eigenvalue weighted by molar-refractivity contribution is 0.0693. The van der Waals surface area contributed by atoms with E-state index in [1.165, 1.54) is 6.07 Å². The summed E-state index contributed by atoms with van der Waals surface area (Å²) in [5.74, 6) is -1.50. The minimum atomic E-state index is -1.11. The van der Waals surface area contributed by atoms with E-state index in [0.29, 0.717) is 22.4 Å². The molecule has 24 heavy (non-hydrogen) atoms. The van der Waals surface area contributed by atoms with Crippen LogP contribution in [0.3, 0.4) is 0 Å². The first kappa shape index (κ1) is 14.2. The van der Waals surface area contributed by atoms with Gasteiger partial charge in [-0.15, -0.1) is 0 Å². The van der Waals surface area contributed by atoms with Gasteiger partial charge in [0.15, 0.2) is 5.69 Å². The molecule has 0 saturated carbocycles. The molecule has 0 aliphatic carbocycles. The first-order valence-corrected chi connectivity index (χ1v) is 7.30. The molecule has 0 atom stereocenters. The van der Waals surface area contributed by atoms with Crippen LogP contribution in [0.25, 0.3) is 16.6 Å². The van der Waals surface area contributed by atoms with Crippen LogP contribution in [0.4, 0.5) is 15.8 Å². The summed E-state index contributed by atoms with van der Waals surface area (Å²) in [5, 5.41) is 12.4. The topological polar surface area (TPSA) is 66.6 Å². The molecule has 0 fully saturated rings. The highest BCUT2D eigenvalue weighted by Gasteiger charge is 2.16. The van der Waals surface area contributed by atoms with Crippen molar-refractivity contribution in [2.24, 2.45) is 0 Å². The van der Waals surface area contributed by atoms with Gasteiger partial charge in [-0.2, -0.15) is 0 Å². The molecule has 118 valence electrons. The zero-order valence-electron chi connectivity index (χ0n) is 12.4. The van der Waals surface area contributed by atoms with Gasteiger partial charge in [0.05, 0.1) is 22.4 Å². The summed E-state index contributed by atoms with van der Waals surface area (Å²) in [6.45, 7) is 0. The molecule has 0 spiro atoms. The van der Waals surface area contributed by atoms with Crippen LogP contribution in [-0.4, -0.2) is 20.5 Å². The van der Waals surface area contributed by atoms with Gasteiger partial charge in [0.25, 0.3) is 0 Å². The molecule has 4 rings (SSSR count). The maximum Gasteiger partial charge on any atom is 0.356 e. The van der Waals surface area contributed by atoms with Crippen LogP contribution < -0.4 is 5.32 Å². The lowest BCUT2D eigenvalue weighted by Crippen LogP contribution is -2.06. The van der Waals surface area contributed by atoms with E-state index in [1.807, 2.05) is 12.1 Å². The predicted molar refractivity (Wildman–Crippen MR) is 89.3 cm³/mol. The zero-order chi connectivity index (χ0) is 16.7. The number of aromatic carboxylic acids is 1. The summed E-state index contributed by atoms with van der Waals surface area (Å²) in [4.78, 5) is 15.8. The molecule has 2 heterocycles. The number of fused-ring (bicyclic) bond motifs is 3. The van der Waals surface area contributed by atoms with Crippen molar-refractivity contribution >= 4 is 33.9 Å². The van der Waals surface area contributed by atoms with E-state index in [4.69, 9.17) is 0 Å². The minimum absolute atomic E-state index is 0.0460. The molecule has 2 N–H and O–H groups in total. The number of hydrogen-bond acceptors (Lipinski definition) is 3. The highest BCUT2D eigenvalue weighted by Crippen LogP contribution is 2.28. The molecule has 5 nitrogen and oxygen atoms in total. The van der Waals surface area contributed by atoms with Crippen LogP contribution in [0, 0.1) is 5.82 Å². The third-order valence-electron chi connectivity index (χ3n) is 3.84. The van der Waals surface area contributed by atoms with Crippen LogP contribution in [0.15, 0.2) is 60.8 Å². The van der Waals surface area contributed by atoms with Gasteiger partial charge in [0.2, 0.25) is 0 Å². The monoisotopic (exact) mass is 321 g/mol. The number of benzene rings is 2. The Morgan fingerprint density at radius 3 is 2.54 bits per heavy atom. The number of rotatable bonds is 3. The molecule has 0 unspecified atom stereocenters. The lowest BCUT2D eigenvalue weighted by Gasteiger charge is -2.12. The van der Waals surface area contributed by atoms with E-state index in [2.05, 4.69) is 10.3 Å². The lowest BCUT2D eigenvalue weighted by atomic mass is 10.2. The Balaban J connectivity index is 1.98. The van der Waals surface area contributed by atoms with Crippen LogP contribution >= 0.6 is 0 Å². The number of nitrogens with zero attached hydrogens (tertiary/aromatic N) is 2. The number of carbonyl (C=O) groups is 1. The quantitative estimate of drug-likeness (QED) is 0.597. The Morgan fingerprint density at radius 2 is 1.75 bits per heavy atom. The largest absolute Gasteiger partial charge is 0.476 e. The Labute approximate surface area is 136 Å². The van der Waals surface area contributed by atoms with Gasteiger partial charge < -0.3 is 14.8 Å². The van der Waals surface area contributed by atoms with Gasteiger partial charge in [0, 0.05) is 6.20 Å². The molecule has 0 aliphatic heterocycles. The molecule has 0 bridgehead atoms. The third kappa shape index (κ3) is 2.16. The van der Waals surface area contributed by atoms with Crippen molar-refractivity contribution in [2.45, 2.75) is 0 Å². The highest BCUT2D eigenvalue weighted by molar-refractivity contribution is 6.00. The average molecular weight is 321 g/mol. The molecule has 0 aliphatic rings. The highest BCUT2D eigenvalue weighted by atomic mass is 19.1. The third-order valence-corrected chi connectivity index (χ3v) is 3.84. The number of carboxylic acids is 1. The van der Waals surface area contributed by atoms with Crippen molar-refractivity contribution in [1.82, 2.24) is 9.38 Å². The summed E-state index contributed by atoms with van der Waals surface area (Å²) < 4.78 is 15.7. The number of para-hydroxylation sites is 2. The maximum atomic E-state index is 13.9. The molecule has 0 radical (unpaired) electrons. The number of aromatic nitrogens is 2. The summed E-state index contributed by atoms with van der Waals surface area (Å²) >= 11 is 0. The number of nitrogens with one attached hydrogen (secondary N) is 1. The van der Waals surface area contributed by atoms with Gasteiger partial charge in [0.1, 0.15) is 11.3 Å². The van der Waals surface area contributed by atoms with E-state index in [1.54, 1.807) is 47.0 Å². The van der Waals surface area contributed by atoms with Crippen LogP contribution in [0.2, 0.25) is 0 Å². The molecular weight excluding hydrogens is 309 g/mol. The summed E-state index contributed by atoms with van der Waals surface area (Å²) in [7, 11) is 0. The minimum Gasteiger partial charge on any atom is -0.476 e. The average Bonchev–Trinajstić information content (AvgIpc) is 3.06. The van der Waals surface area contributed by atoms with Gasteiger partial charge in [-0.25, -0.2) is 14.2 Å². The molecule has 2 aromatic heterocycles. The fourth-order valence-electron chi connectivity index (χ4n) is 2.76. The normalized spacial score (nSPS) is 11.0. The van der Waals surface area contributed by atoms with E-state index in [0.717, 1.165) is 5.52 Å². The van der Waals surface area contributed by atoms with Gasteiger partial charge in [-0.3, -0.25) is 0 Å². The van der Waals surface area contributed by atoms with Gasteiger partial charge in [-0.05, 0) is 36.4 Å². The van der Waals surface area contributed by atoms with Crippen LogP contribution in [-0.2, 0) is 0 Å². The standard InChI is InChI=1S/C18H12FN3O2/c19-11-5-1-2-6-12(11)20-13-7-3-8-14-16(13)21-17(18(23)24)15-9-4-10-22(14)15/h1-10,20H,(H,23,24). The van der Waals surface area contributed by atoms with E-state index in [9.17, 15) is 14.3 Å². The number of anilines is 2. The molecule has 0 saturated heterocycles. The smallest absolute Gasteiger partial charge is 0.356 e. The van der Waals surface area contributed by atoms with E-state index in [-0.39, 0.29) is 5.69 Å². The second kappa shape index (κ2) is 5.34. The Kier molecular flexibility index (Phi) is 3.16. The second-order valence-electron chi connectivity index (χ2n) is 5.31. The first-order valence-electron chi connectivity index (χ1n) is 7.30.